The average Bonchev–Trinajstić information content (AvgIpc) is 2.92. The smallest absolute Gasteiger partial charge is 0.339 e. The van der Waals surface area contributed by atoms with Gasteiger partial charge in [-0.15, -0.1) is 0 Å². The first-order valence-corrected chi connectivity index (χ1v) is 6.19. The summed E-state index contributed by atoms with van der Waals surface area (Å²) in [5, 5.41) is 17.8. The average molecular weight is 270 g/mol. The number of nitrogens with zero attached hydrogens (tertiary/aromatic N) is 2. The van der Waals surface area contributed by atoms with Gasteiger partial charge in [0.25, 0.3) is 0 Å². The fourth-order valence-corrected chi connectivity index (χ4v) is 1.95. The zero-order valence-electron chi connectivity index (χ0n) is 10.8. The highest BCUT2D eigenvalue weighted by Crippen LogP contribution is 2.20. The van der Waals surface area contributed by atoms with E-state index < -0.39 is 5.97 Å². The van der Waals surface area contributed by atoms with E-state index in [-0.39, 0.29) is 5.56 Å². The van der Waals surface area contributed by atoms with Gasteiger partial charge in [0.1, 0.15) is 11.3 Å². The highest BCUT2D eigenvalue weighted by atomic mass is 16.4. The molecule has 0 atom stereocenters. The maximum Gasteiger partial charge on any atom is 0.339 e. The number of hydrogen-bond donors (Lipinski definition) is 1. The SMILES string of the molecule is N#CCCN(Cc1occc1C(=O)O)c1ccccc1. The van der Waals surface area contributed by atoms with Crippen LogP contribution in [0.25, 0.3) is 0 Å². The highest BCUT2D eigenvalue weighted by molar-refractivity contribution is 5.88. The first-order chi connectivity index (χ1) is 9.72. The molecule has 1 aromatic carbocycles. The second-order valence-corrected chi connectivity index (χ2v) is 4.23. The summed E-state index contributed by atoms with van der Waals surface area (Å²) in [5.74, 6) is -0.624. The van der Waals surface area contributed by atoms with Crippen LogP contribution in [0.3, 0.4) is 0 Å². The quantitative estimate of drug-likeness (QED) is 0.873. The summed E-state index contributed by atoms with van der Waals surface area (Å²) in [7, 11) is 0. The summed E-state index contributed by atoms with van der Waals surface area (Å²) in [4.78, 5) is 13.0. The van der Waals surface area contributed by atoms with Gasteiger partial charge in [0.15, 0.2) is 0 Å². The first kappa shape index (κ1) is 13.7. The van der Waals surface area contributed by atoms with Crippen LogP contribution >= 0.6 is 0 Å². The molecular formula is C15H14N2O3. The monoisotopic (exact) mass is 270 g/mol. The minimum absolute atomic E-state index is 0.155. The van der Waals surface area contributed by atoms with Crippen LogP contribution in [-0.2, 0) is 6.54 Å². The van der Waals surface area contributed by atoms with Gasteiger partial charge in [-0.25, -0.2) is 4.79 Å². The summed E-state index contributed by atoms with van der Waals surface area (Å²) in [6.07, 6.45) is 1.73. The number of benzene rings is 1. The third-order valence-electron chi connectivity index (χ3n) is 2.93. The van der Waals surface area contributed by atoms with E-state index in [9.17, 15) is 4.79 Å². The molecule has 5 nitrogen and oxygen atoms in total. The van der Waals surface area contributed by atoms with E-state index in [1.165, 1.54) is 12.3 Å². The van der Waals surface area contributed by atoms with Gasteiger partial charge in [-0.2, -0.15) is 5.26 Å². The minimum Gasteiger partial charge on any atom is -0.478 e. The van der Waals surface area contributed by atoms with Crippen molar-refractivity contribution >= 4 is 11.7 Å². The van der Waals surface area contributed by atoms with Crippen LogP contribution in [0.1, 0.15) is 22.5 Å². The molecule has 0 spiro atoms. The van der Waals surface area contributed by atoms with Gasteiger partial charge in [0.05, 0.1) is 25.3 Å². The molecule has 0 fully saturated rings. The largest absolute Gasteiger partial charge is 0.478 e. The molecule has 1 aromatic heterocycles. The Morgan fingerprint density at radius 1 is 1.30 bits per heavy atom. The van der Waals surface area contributed by atoms with E-state index in [4.69, 9.17) is 14.8 Å². The molecule has 1 N–H and O–H groups in total. The van der Waals surface area contributed by atoms with Crippen molar-refractivity contribution in [3.05, 3.63) is 54.0 Å². The third kappa shape index (κ3) is 3.18. The summed E-state index contributed by atoms with van der Waals surface area (Å²) < 4.78 is 5.25. The number of nitriles is 1. The Morgan fingerprint density at radius 3 is 2.70 bits per heavy atom. The Labute approximate surface area is 116 Å². The van der Waals surface area contributed by atoms with Crippen molar-refractivity contribution < 1.29 is 14.3 Å². The number of carbonyl (C=O) groups is 1. The molecule has 0 saturated heterocycles. The van der Waals surface area contributed by atoms with Gasteiger partial charge in [0.2, 0.25) is 0 Å². The minimum atomic E-state index is -1.01. The number of carboxylic acid groups (broad SMARTS) is 1. The summed E-state index contributed by atoms with van der Waals surface area (Å²) in [6.45, 7) is 0.834. The molecule has 2 aromatic rings. The van der Waals surface area contributed by atoms with Gasteiger partial charge in [-0.05, 0) is 18.2 Å². The molecule has 0 saturated carbocycles. The fraction of sp³-hybridized carbons (Fsp3) is 0.200. The van der Waals surface area contributed by atoms with Crippen molar-refractivity contribution in [2.24, 2.45) is 0 Å². The molecule has 20 heavy (non-hydrogen) atoms. The van der Waals surface area contributed by atoms with Gasteiger partial charge < -0.3 is 14.4 Å². The van der Waals surface area contributed by atoms with E-state index in [0.29, 0.717) is 25.3 Å². The van der Waals surface area contributed by atoms with Crippen molar-refractivity contribution in [3.8, 4) is 6.07 Å². The van der Waals surface area contributed by atoms with Crippen molar-refractivity contribution in [1.82, 2.24) is 0 Å². The fourth-order valence-electron chi connectivity index (χ4n) is 1.95. The highest BCUT2D eigenvalue weighted by Gasteiger charge is 2.16. The van der Waals surface area contributed by atoms with Crippen LogP contribution in [0.4, 0.5) is 5.69 Å². The number of rotatable bonds is 6. The van der Waals surface area contributed by atoms with Gasteiger partial charge in [0, 0.05) is 12.2 Å². The van der Waals surface area contributed by atoms with E-state index in [2.05, 4.69) is 6.07 Å². The summed E-state index contributed by atoms with van der Waals surface area (Å²) in [5.41, 5.74) is 1.08. The summed E-state index contributed by atoms with van der Waals surface area (Å²) in [6, 6.07) is 13.1. The van der Waals surface area contributed by atoms with E-state index >= 15 is 0 Å². The molecule has 0 aliphatic carbocycles. The Bertz CT molecular complexity index is 614. The van der Waals surface area contributed by atoms with Gasteiger partial charge in [-0.1, -0.05) is 18.2 Å². The molecular weight excluding hydrogens is 256 g/mol. The predicted octanol–water partition coefficient (Wildman–Crippen LogP) is 2.90. The lowest BCUT2D eigenvalue weighted by molar-refractivity contribution is 0.0694. The predicted molar refractivity (Wildman–Crippen MR) is 73.4 cm³/mol. The second-order valence-electron chi connectivity index (χ2n) is 4.23. The van der Waals surface area contributed by atoms with Gasteiger partial charge in [-0.3, -0.25) is 0 Å². The number of hydrogen-bond acceptors (Lipinski definition) is 4. The Morgan fingerprint density at radius 2 is 2.05 bits per heavy atom. The number of anilines is 1. The summed E-state index contributed by atoms with van der Waals surface area (Å²) >= 11 is 0. The van der Waals surface area contributed by atoms with Crippen LogP contribution in [0.2, 0.25) is 0 Å². The van der Waals surface area contributed by atoms with Crippen molar-refractivity contribution in [2.45, 2.75) is 13.0 Å². The third-order valence-corrected chi connectivity index (χ3v) is 2.93. The number of furan rings is 1. The molecule has 0 radical (unpaired) electrons. The molecule has 1 heterocycles. The molecule has 0 aliphatic heterocycles. The maximum atomic E-state index is 11.1. The lowest BCUT2D eigenvalue weighted by atomic mass is 10.2. The number of carboxylic acids is 1. The molecule has 5 heteroatoms. The molecule has 2 rings (SSSR count). The number of aromatic carboxylic acids is 1. The Hall–Kier alpha value is -2.74. The molecule has 0 amide bonds. The lowest BCUT2D eigenvalue weighted by Crippen LogP contribution is -2.24. The van der Waals surface area contributed by atoms with Crippen LogP contribution < -0.4 is 4.90 Å². The Kier molecular flexibility index (Phi) is 4.40. The molecule has 0 unspecified atom stereocenters. The maximum absolute atomic E-state index is 11.1. The van der Waals surface area contributed by atoms with E-state index in [0.717, 1.165) is 5.69 Å². The zero-order chi connectivity index (χ0) is 14.4. The normalized spacial score (nSPS) is 9.95. The van der Waals surface area contributed by atoms with Crippen molar-refractivity contribution in [2.75, 3.05) is 11.4 Å². The van der Waals surface area contributed by atoms with Crippen LogP contribution in [0.5, 0.6) is 0 Å². The first-order valence-electron chi connectivity index (χ1n) is 6.19. The van der Waals surface area contributed by atoms with E-state index in [1.54, 1.807) is 0 Å². The standard InChI is InChI=1S/C15H14N2O3/c16-8-4-9-17(12-5-2-1-3-6-12)11-14-13(15(18)19)7-10-20-14/h1-3,5-7,10H,4,9,11H2,(H,18,19). The van der Waals surface area contributed by atoms with Crippen LogP contribution in [0.15, 0.2) is 47.1 Å². The lowest BCUT2D eigenvalue weighted by Gasteiger charge is -2.22. The van der Waals surface area contributed by atoms with E-state index in [1.807, 2.05) is 35.2 Å². The Balaban J connectivity index is 2.22. The topological polar surface area (TPSA) is 77.5 Å². The zero-order valence-corrected chi connectivity index (χ0v) is 10.8. The van der Waals surface area contributed by atoms with Gasteiger partial charge >= 0.3 is 5.97 Å². The number of para-hydroxylation sites is 1. The van der Waals surface area contributed by atoms with Crippen molar-refractivity contribution in [3.63, 3.8) is 0 Å². The van der Waals surface area contributed by atoms with Crippen LogP contribution in [-0.4, -0.2) is 17.6 Å². The molecule has 102 valence electrons. The molecule has 0 bridgehead atoms. The van der Waals surface area contributed by atoms with Crippen LogP contribution in [0, 0.1) is 11.3 Å². The second kappa shape index (κ2) is 6.43. The molecule has 0 aliphatic rings. The van der Waals surface area contributed by atoms with Crippen molar-refractivity contribution in [1.29, 1.82) is 5.26 Å².